The molecule has 1 saturated heterocycles. The molecule has 2 fully saturated rings. The fourth-order valence-electron chi connectivity index (χ4n) is 3.51. The minimum atomic E-state index is 0.186. The smallest absolute Gasteiger partial charge is 0.193 e. The Morgan fingerprint density at radius 2 is 2.19 bits per heavy atom. The second kappa shape index (κ2) is 4.54. The van der Waals surface area contributed by atoms with Crippen LogP contribution in [0.2, 0.25) is 0 Å². The number of piperazine rings is 1. The molecule has 1 aliphatic carbocycles. The van der Waals surface area contributed by atoms with E-state index in [9.17, 15) is 0 Å². The third-order valence-electron chi connectivity index (χ3n) is 5.27. The molecular weight excluding hydrogens is 280 g/mol. The maximum atomic E-state index is 4.76. The minimum absolute atomic E-state index is 0.186. The molecule has 4 nitrogen and oxygen atoms in total. The maximum Gasteiger partial charge on any atom is 0.193 e. The van der Waals surface area contributed by atoms with Crippen LogP contribution < -0.4 is 5.32 Å². The number of rotatable bonds is 3. The lowest BCUT2D eigenvalue weighted by Gasteiger charge is -2.51. The molecule has 0 amide bonds. The first-order valence-corrected chi connectivity index (χ1v) is 8.75. The minimum Gasteiger partial charge on any atom is -0.308 e. The van der Waals surface area contributed by atoms with Crippen molar-refractivity contribution in [3.63, 3.8) is 0 Å². The SMILES string of the molecule is CC1(C2CC2)CN(Cc2cn3ccsc3n2)C(C)(C)CN1. The van der Waals surface area contributed by atoms with Crippen molar-refractivity contribution in [2.45, 2.75) is 51.2 Å². The van der Waals surface area contributed by atoms with E-state index in [4.69, 9.17) is 4.98 Å². The third-order valence-corrected chi connectivity index (χ3v) is 6.05. The van der Waals surface area contributed by atoms with Gasteiger partial charge in [-0.3, -0.25) is 9.30 Å². The molecule has 0 spiro atoms. The number of hydrogen-bond acceptors (Lipinski definition) is 4. The molecule has 3 heterocycles. The zero-order valence-corrected chi connectivity index (χ0v) is 13.9. The average Bonchev–Trinajstić information content (AvgIpc) is 3.08. The van der Waals surface area contributed by atoms with Crippen LogP contribution in [0.1, 0.15) is 39.3 Å². The molecule has 2 aromatic heterocycles. The Balaban J connectivity index is 1.56. The van der Waals surface area contributed by atoms with Crippen LogP contribution in [0, 0.1) is 5.92 Å². The fourth-order valence-corrected chi connectivity index (χ4v) is 4.23. The summed E-state index contributed by atoms with van der Waals surface area (Å²) in [6.07, 6.45) is 7.04. The van der Waals surface area contributed by atoms with Crippen LogP contribution in [0.15, 0.2) is 17.8 Å². The number of thiazole rings is 1. The molecule has 1 N–H and O–H groups in total. The van der Waals surface area contributed by atoms with Crippen molar-refractivity contribution in [1.29, 1.82) is 0 Å². The van der Waals surface area contributed by atoms with E-state index in [1.54, 1.807) is 11.3 Å². The van der Waals surface area contributed by atoms with Gasteiger partial charge in [-0.15, -0.1) is 11.3 Å². The van der Waals surface area contributed by atoms with Gasteiger partial charge in [-0.25, -0.2) is 4.98 Å². The second-order valence-corrected chi connectivity index (χ2v) is 8.41. The predicted octanol–water partition coefficient (Wildman–Crippen LogP) is 2.75. The standard InChI is InChI=1S/C16H24N4S/c1-15(2)10-17-16(3,12-4-5-12)11-20(15)9-13-8-19-6-7-21-14(19)18-13/h6-8,12,17H,4-5,9-11H2,1-3H3. The molecule has 0 bridgehead atoms. The molecule has 2 aromatic rings. The van der Waals surface area contributed by atoms with E-state index in [-0.39, 0.29) is 11.1 Å². The first kappa shape index (κ1) is 13.7. The summed E-state index contributed by atoms with van der Waals surface area (Å²) >= 11 is 1.71. The zero-order valence-electron chi connectivity index (χ0n) is 13.1. The highest BCUT2D eigenvalue weighted by Gasteiger charge is 2.48. The number of nitrogens with one attached hydrogen (secondary N) is 1. The van der Waals surface area contributed by atoms with Gasteiger partial charge in [0.05, 0.1) is 5.69 Å². The first-order chi connectivity index (χ1) is 9.96. The molecule has 21 heavy (non-hydrogen) atoms. The molecule has 1 aliphatic heterocycles. The number of imidazole rings is 1. The molecular formula is C16H24N4S. The van der Waals surface area contributed by atoms with Crippen LogP contribution in [0.5, 0.6) is 0 Å². The third kappa shape index (κ3) is 2.41. The van der Waals surface area contributed by atoms with Crippen molar-refractivity contribution in [2.24, 2.45) is 5.92 Å². The quantitative estimate of drug-likeness (QED) is 0.946. The number of aromatic nitrogens is 2. The second-order valence-electron chi connectivity index (χ2n) is 7.54. The number of nitrogens with zero attached hydrogens (tertiary/aromatic N) is 3. The molecule has 1 saturated carbocycles. The van der Waals surface area contributed by atoms with Gasteiger partial charge in [0.15, 0.2) is 4.96 Å². The van der Waals surface area contributed by atoms with Gasteiger partial charge in [0.25, 0.3) is 0 Å². The Morgan fingerprint density at radius 1 is 1.38 bits per heavy atom. The summed E-state index contributed by atoms with van der Waals surface area (Å²) in [7, 11) is 0. The lowest BCUT2D eigenvalue weighted by molar-refractivity contribution is 0.0170. The van der Waals surface area contributed by atoms with Crippen molar-refractivity contribution in [2.75, 3.05) is 13.1 Å². The van der Waals surface area contributed by atoms with Gasteiger partial charge in [-0.05, 0) is 39.5 Å². The van der Waals surface area contributed by atoms with Crippen molar-refractivity contribution >= 4 is 16.3 Å². The summed E-state index contributed by atoms with van der Waals surface area (Å²) in [5.41, 5.74) is 1.66. The predicted molar refractivity (Wildman–Crippen MR) is 86.7 cm³/mol. The van der Waals surface area contributed by atoms with E-state index >= 15 is 0 Å². The van der Waals surface area contributed by atoms with Crippen molar-refractivity contribution < 1.29 is 0 Å². The Kier molecular flexibility index (Phi) is 2.97. The van der Waals surface area contributed by atoms with Gasteiger partial charge >= 0.3 is 0 Å². The van der Waals surface area contributed by atoms with Gasteiger partial charge in [-0.1, -0.05) is 0 Å². The van der Waals surface area contributed by atoms with Crippen LogP contribution in [0.3, 0.4) is 0 Å². The Bertz CT molecular complexity index is 626. The summed E-state index contributed by atoms with van der Waals surface area (Å²) in [6, 6.07) is 0. The largest absolute Gasteiger partial charge is 0.308 e. The maximum absolute atomic E-state index is 4.76. The molecule has 114 valence electrons. The first-order valence-electron chi connectivity index (χ1n) is 7.87. The van der Waals surface area contributed by atoms with Crippen LogP contribution in [-0.2, 0) is 6.54 Å². The number of hydrogen-bond donors (Lipinski definition) is 1. The normalized spacial score (nSPS) is 30.0. The Morgan fingerprint density at radius 3 is 2.90 bits per heavy atom. The molecule has 4 rings (SSSR count). The van der Waals surface area contributed by atoms with Gasteiger partial charge in [0, 0.05) is 48.5 Å². The molecule has 1 unspecified atom stereocenters. The monoisotopic (exact) mass is 304 g/mol. The van der Waals surface area contributed by atoms with Crippen LogP contribution in [-0.4, -0.2) is 38.5 Å². The molecule has 0 radical (unpaired) electrons. The summed E-state index contributed by atoms with van der Waals surface area (Å²) < 4.78 is 2.13. The van der Waals surface area contributed by atoms with Gasteiger partial charge in [-0.2, -0.15) is 0 Å². The van der Waals surface area contributed by atoms with E-state index in [0.717, 1.165) is 30.5 Å². The van der Waals surface area contributed by atoms with Crippen LogP contribution in [0.4, 0.5) is 0 Å². The summed E-state index contributed by atoms with van der Waals surface area (Å²) in [4.78, 5) is 8.48. The molecule has 2 aliphatic rings. The summed E-state index contributed by atoms with van der Waals surface area (Å²) in [5, 5.41) is 5.91. The van der Waals surface area contributed by atoms with E-state index in [2.05, 4.69) is 53.2 Å². The van der Waals surface area contributed by atoms with Crippen LogP contribution in [0.25, 0.3) is 4.96 Å². The summed E-state index contributed by atoms with van der Waals surface area (Å²) in [5.74, 6) is 0.863. The van der Waals surface area contributed by atoms with Gasteiger partial charge in [0.1, 0.15) is 0 Å². The summed E-state index contributed by atoms with van der Waals surface area (Å²) in [6.45, 7) is 10.2. The van der Waals surface area contributed by atoms with Crippen molar-refractivity contribution in [3.8, 4) is 0 Å². The van der Waals surface area contributed by atoms with Crippen LogP contribution >= 0.6 is 11.3 Å². The number of fused-ring (bicyclic) bond motifs is 1. The lowest BCUT2D eigenvalue weighted by Crippen LogP contribution is -2.67. The fraction of sp³-hybridized carbons (Fsp3) is 0.688. The zero-order chi connectivity index (χ0) is 14.7. The molecule has 1 atom stereocenters. The Labute approximate surface area is 130 Å². The highest BCUT2D eigenvalue weighted by atomic mass is 32.1. The van der Waals surface area contributed by atoms with Gasteiger partial charge < -0.3 is 5.32 Å². The van der Waals surface area contributed by atoms with Gasteiger partial charge in [0.2, 0.25) is 0 Å². The van der Waals surface area contributed by atoms with Crippen molar-refractivity contribution in [3.05, 3.63) is 23.5 Å². The highest BCUT2D eigenvalue weighted by Crippen LogP contribution is 2.42. The Hall–Kier alpha value is -0.910. The lowest BCUT2D eigenvalue weighted by atomic mass is 9.86. The highest BCUT2D eigenvalue weighted by molar-refractivity contribution is 7.15. The van der Waals surface area contributed by atoms with E-state index in [1.165, 1.54) is 18.5 Å². The molecule has 5 heteroatoms. The van der Waals surface area contributed by atoms with E-state index < -0.39 is 0 Å². The van der Waals surface area contributed by atoms with E-state index in [0.29, 0.717) is 0 Å². The topological polar surface area (TPSA) is 32.6 Å². The molecule has 0 aromatic carbocycles. The van der Waals surface area contributed by atoms with Crippen molar-refractivity contribution in [1.82, 2.24) is 19.6 Å². The average molecular weight is 304 g/mol. The van der Waals surface area contributed by atoms with E-state index in [1.807, 2.05) is 0 Å².